The zero-order valence-electron chi connectivity index (χ0n) is 13.8. The molecular weight excluding hydrogens is 284 g/mol. The van der Waals surface area contributed by atoms with Crippen molar-refractivity contribution in [3.05, 3.63) is 15.6 Å². The fourth-order valence-electron chi connectivity index (χ4n) is 2.64. The second-order valence-corrected chi connectivity index (χ2v) is 7.40. The van der Waals surface area contributed by atoms with Crippen LogP contribution < -0.4 is 0 Å². The lowest BCUT2D eigenvalue weighted by Crippen LogP contribution is -2.40. The van der Waals surface area contributed by atoms with E-state index in [-0.39, 0.29) is 18.1 Å². The molecule has 1 aliphatic heterocycles. The normalized spacial score (nSPS) is 23.6. The summed E-state index contributed by atoms with van der Waals surface area (Å²) in [5, 5.41) is 1.14. The predicted molar refractivity (Wildman–Crippen MR) is 85.6 cm³/mol. The van der Waals surface area contributed by atoms with Gasteiger partial charge in [0, 0.05) is 24.4 Å². The molecule has 0 aromatic carbocycles. The largest absolute Gasteiger partial charge is 0.368 e. The first-order chi connectivity index (χ1) is 9.82. The van der Waals surface area contributed by atoms with Crippen molar-refractivity contribution in [1.82, 2.24) is 9.88 Å². The van der Waals surface area contributed by atoms with Crippen molar-refractivity contribution < 1.29 is 9.53 Å². The van der Waals surface area contributed by atoms with Gasteiger partial charge >= 0.3 is 0 Å². The fourth-order valence-corrected chi connectivity index (χ4v) is 3.81. The van der Waals surface area contributed by atoms with E-state index < -0.39 is 0 Å². The monoisotopic (exact) mass is 310 g/mol. The third kappa shape index (κ3) is 3.29. The minimum absolute atomic E-state index is 0.0406. The maximum atomic E-state index is 12.6. The third-order valence-corrected chi connectivity index (χ3v) is 5.91. The number of hydrogen-bond acceptors (Lipinski definition) is 4. The van der Waals surface area contributed by atoms with Gasteiger partial charge in [-0.05, 0) is 26.2 Å². The van der Waals surface area contributed by atoms with Gasteiger partial charge < -0.3 is 9.64 Å². The molecule has 1 aliphatic rings. The van der Waals surface area contributed by atoms with E-state index in [0.717, 1.165) is 17.1 Å². The van der Waals surface area contributed by atoms with Crippen LogP contribution in [-0.2, 0) is 9.53 Å². The van der Waals surface area contributed by atoms with Gasteiger partial charge in [-0.25, -0.2) is 4.98 Å². The summed E-state index contributed by atoms with van der Waals surface area (Å²) in [4.78, 5) is 20.2. The molecule has 4 nitrogen and oxygen atoms in total. The molecule has 0 aliphatic carbocycles. The number of hydrogen-bond donors (Lipinski definition) is 0. The van der Waals surface area contributed by atoms with Crippen LogP contribution >= 0.6 is 11.3 Å². The first kappa shape index (κ1) is 16.4. The van der Waals surface area contributed by atoms with Gasteiger partial charge in [0.15, 0.2) is 0 Å². The Morgan fingerprint density at radius 2 is 2.10 bits per heavy atom. The summed E-state index contributed by atoms with van der Waals surface area (Å²) >= 11 is 1.72. The summed E-state index contributed by atoms with van der Waals surface area (Å²) in [7, 11) is 1.87. The van der Waals surface area contributed by atoms with E-state index in [2.05, 4.69) is 32.7 Å². The van der Waals surface area contributed by atoms with Crippen LogP contribution in [0.5, 0.6) is 0 Å². The average molecular weight is 310 g/mol. The number of likely N-dealkylation sites (N-methyl/N-ethyl adjacent to an activating group) is 1. The van der Waals surface area contributed by atoms with Crippen LogP contribution in [0.2, 0.25) is 0 Å². The second-order valence-electron chi connectivity index (χ2n) is 6.34. The molecule has 1 fully saturated rings. The van der Waals surface area contributed by atoms with Gasteiger partial charge in [0.2, 0.25) is 0 Å². The van der Waals surface area contributed by atoms with E-state index in [0.29, 0.717) is 18.4 Å². The Kier molecular flexibility index (Phi) is 5.04. The number of amides is 1. The minimum atomic E-state index is -0.282. The van der Waals surface area contributed by atoms with E-state index >= 15 is 0 Å². The first-order valence-corrected chi connectivity index (χ1v) is 8.50. The quantitative estimate of drug-likeness (QED) is 0.854. The topological polar surface area (TPSA) is 42.4 Å². The molecule has 1 saturated heterocycles. The molecule has 118 valence electrons. The van der Waals surface area contributed by atoms with E-state index in [1.165, 1.54) is 4.88 Å². The highest BCUT2D eigenvalue weighted by atomic mass is 32.1. The number of thiazole rings is 1. The van der Waals surface area contributed by atoms with Crippen LogP contribution in [0.3, 0.4) is 0 Å². The average Bonchev–Trinajstić information content (AvgIpc) is 3.02. The lowest BCUT2D eigenvalue weighted by Gasteiger charge is -2.28. The molecule has 1 aromatic heterocycles. The first-order valence-electron chi connectivity index (χ1n) is 7.68. The van der Waals surface area contributed by atoms with E-state index in [1.807, 2.05) is 18.9 Å². The third-order valence-electron chi connectivity index (χ3n) is 4.28. The highest BCUT2D eigenvalue weighted by Crippen LogP contribution is 2.33. The van der Waals surface area contributed by atoms with Crippen LogP contribution in [0, 0.1) is 12.8 Å². The van der Waals surface area contributed by atoms with Crippen molar-refractivity contribution in [2.45, 2.75) is 59.1 Å². The summed E-state index contributed by atoms with van der Waals surface area (Å²) in [6.45, 7) is 11.2. The number of aryl methyl sites for hydroxylation is 1. The van der Waals surface area contributed by atoms with Crippen molar-refractivity contribution in [2.24, 2.45) is 5.92 Å². The van der Waals surface area contributed by atoms with Crippen molar-refractivity contribution >= 4 is 17.2 Å². The van der Waals surface area contributed by atoms with Crippen molar-refractivity contribution in [3.63, 3.8) is 0 Å². The number of carbonyl (C=O) groups is 1. The van der Waals surface area contributed by atoms with Gasteiger partial charge in [-0.15, -0.1) is 11.3 Å². The Hall–Kier alpha value is -0.940. The molecule has 21 heavy (non-hydrogen) atoms. The molecule has 0 saturated carbocycles. The van der Waals surface area contributed by atoms with Crippen LogP contribution in [0.1, 0.15) is 61.7 Å². The Morgan fingerprint density at radius 3 is 2.57 bits per heavy atom. The van der Waals surface area contributed by atoms with Gasteiger partial charge in [0.25, 0.3) is 5.91 Å². The van der Waals surface area contributed by atoms with Crippen molar-refractivity contribution in [3.8, 4) is 0 Å². The van der Waals surface area contributed by atoms with Crippen LogP contribution in [0.4, 0.5) is 0 Å². The molecule has 0 N–H and O–H groups in total. The zero-order valence-corrected chi connectivity index (χ0v) is 14.7. The van der Waals surface area contributed by atoms with Gasteiger partial charge in [0.1, 0.15) is 6.10 Å². The van der Waals surface area contributed by atoms with Crippen LogP contribution in [-0.4, -0.2) is 35.5 Å². The smallest absolute Gasteiger partial charge is 0.252 e. The fraction of sp³-hybridized carbons (Fsp3) is 0.750. The molecule has 0 spiro atoms. The summed E-state index contributed by atoms with van der Waals surface area (Å²) in [6.07, 6.45) is 0.686. The molecule has 2 heterocycles. The SMILES string of the molecule is Cc1nc(C(C)C)sc1[C@H](C)N(C)C(=O)[C@H]1OCC[C@H]1C. The Labute approximate surface area is 131 Å². The van der Waals surface area contributed by atoms with E-state index in [9.17, 15) is 4.79 Å². The molecular formula is C16H26N2O2S. The van der Waals surface area contributed by atoms with Gasteiger partial charge in [-0.3, -0.25) is 4.79 Å². The maximum absolute atomic E-state index is 12.6. The molecule has 0 bridgehead atoms. The van der Waals surface area contributed by atoms with Crippen LogP contribution in [0.25, 0.3) is 0 Å². The summed E-state index contributed by atoms with van der Waals surface area (Å²) in [5.41, 5.74) is 1.04. The van der Waals surface area contributed by atoms with Gasteiger partial charge in [0.05, 0.1) is 16.7 Å². The van der Waals surface area contributed by atoms with Crippen molar-refractivity contribution in [1.29, 1.82) is 0 Å². The molecule has 0 radical (unpaired) electrons. The molecule has 0 unspecified atom stereocenters. The number of rotatable bonds is 4. The summed E-state index contributed by atoms with van der Waals surface area (Å²) in [5.74, 6) is 0.821. The Bertz CT molecular complexity index is 512. The molecule has 2 rings (SSSR count). The molecule has 5 heteroatoms. The van der Waals surface area contributed by atoms with E-state index in [4.69, 9.17) is 4.74 Å². The molecule has 1 amide bonds. The van der Waals surface area contributed by atoms with Crippen molar-refractivity contribution in [2.75, 3.05) is 13.7 Å². The highest BCUT2D eigenvalue weighted by molar-refractivity contribution is 7.11. The highest BCUT2D eigenvalue weighted by Gasteiger charge is 2.35. The lowest BCUT2D eigenvalue weighted by atomic mass is 10.0. The maximum Gasteiger partial charge on any atom is 0.252 e. The molecule has 3 atom stereocenters. The molecule has 1 aromatic rings. The number of aromatic nitrogens is 1. The van der Waals surface area contributed by atoms with E-state index in [1.54, 1.807) is 11.3 Å². The Morgan fingerprint density at radius 1 is 1.43 bits per heavy atom. The standard InChI is InChI=1S/C16H26N2O2S/c1-9(2)15-17-11(4)14(21-15)12(5)18(6)16(19)13-10(3)7-8-20-13/h9-10,12-13H,7-8H2,1-6H3/t10-,12+,13+/m1/s1. The van der Waals surface area contributed by atoms with Crippen LogP contribution in [0.15, 0.2) is 0 Å². The number of ether oxygens (including phenoxy) is 1. The van der Waals surface area contributed by atoms with Gasteiger partial charge in [-0.2, -0.15) is 0 Å². The number of nitrogens with zero attached hydrogens (tertiary/aromatic N) is 2. The lowest BCUT2D eigenvalue weighted by molar-refractivity contribution is -0.143. The summed E-state index contributed by atoms with van der Waals surface area (Å²) in [6, 6.07) is 0.0406. The number of carbonyl (C=O) groups excluding carboxylic acids is 1. The Balaban J connectivity index is 2.15. The van der Waals surface area contributed by atoms with Gasteiger partial charge in [-0.1, -0.05) is 20.8 Å². The second kappa shape index (κ2) is 6.44. The minimum Gasteiger partial charge on any atom is -0.368 e. The predicted octanol–water partition coefficient (Wildman–Crippen LogP) is 3.52. The zero-order chi connectivity index (χ0) is 15.7. The summed E-state index contributed by atoms with van der Waals surface area (Å²) < 4.78 is 5.60.